The molecular weight excluding hydrogens is 326 g/mol. The number of amides is 1. The van der Waals surface area contributed by atoms with Crippen molar-refractivity contribution in [2.75, 3.05) is 27.2 Å². The van der Waals surface area contributed by atoms with Crippen molar-refractivity contribution >= 4 is 11.9 Å². The second kappa shape index (κ2) is 7.06. The third kappa shape index (κ3) is 3.87. The van der Waals surface area contributed by atoms with E-state index in [0.29, 0.717) is 31.2 Å². The molecule has 0 spiro atoms. The van der Waals surface area contributed by atoms with Crippen LogP contribution in [0.15, 0.2) is 22.7 Å². The van der Waals surface area contributed by atoms with Crippen LogP contribution in [0.25, 0.3) is 0 Å². The van der Waals surface area contributed by atoms with Crippen LogP contribution in [0.5, 0.6) is 0 Å². The Labute approximate surface area is 144 Å². The highest BCUT2D eigenvalue weighted by molar-refractivity contribution is 5.91. The standard InChI is InChI=1S/C16H21N5O4/c1-20(2)16(24)14-4-3-11(25-14)8-21-7-10(5-15(22)23)12(9-21)13-6-17-19-18-13/h3-4,6,10,12H,5,7-9H2,1-2H3,(H,22,23)(H,17,18,19)/t10-,12+/m1/s1. The molecule has 0 saturated carbocycles. The predicted molar refractivity (Wildman–Crippen MR) is 86.9 cm³/mol. The number of carbonyl (C=O) groups excluding carboxylic acids is 1. The minimum absolute atomic E-state index is 0.00712. The highest BCUT2D eigenvalue weighted by Crippen LogP contribution is 2.34. The normalized spacial score (nSPS) is 20.7. The number of carbonyl (C=O) groups is 2. The number of furan rings is 1. The second-order valence-electron chi connectivity index (χ2n) is 6.52. The highest BCUT2D eigenvalue weighted by atomic mass is 16.4. The number of rotatable bonds is 6. The molecule has 0 radical (unpaired) electrons. The molecule has 0 aliphatic carbocycles. The van der Waals surface area contributed by atoms with Gasteiger partial charge in [0.25, 0.3) is 5.91 Å². The lowest BCUT2D eigenvalue weighted by atomic mass is 9.91. The summed E-state index contributed by atoms with van der Waals surface area (Å²) < 4.78 is 5.63. The molecule has 2 N–H and O–H groups in total. The molecule has 2 aromatic rings. The number of likely N-dealkylation sites (tertiary alicyclic amines) is 1. The smallest absolute Gasteiger partial charge is 0.303 e. The molecule has 1 saturated heterocycles. The van der Waals surface area contributed by atoms with Crippen molar-refractivity contribution in [3.63, 3.8) is 0 Å². The zero-order chi connectivity index (χ0) is 18.0. The lowest BCUT2D eigenvalue weighted by Gasteiger charge is -2.13. The van der Waals surface area contributed by atoms with Crippen molar-refractivity contribution in [2.24, 2.45) is 5.92 Å². The van der Waals surface area contributed by atoms with E-state index in [1.807, 2.05) is 0 Å². The quantitative estimate of drug-likeness (QED) is 0.793. The lowest BCUT2D eigenvalue weighted by molar-refractivity contribution is -0.138. The van der Waals surface area contributed by atoms with Crippen LogP contribution < -0.4 is 0 Å². The maximum atomic E-state index is 11.9. The van der Waals surface area contributed by atoms with Crippen LogP contribution in [-0.4, -0.2) is 69.4 Å². The monoisotopic (exact) mass is 347 g/mol. The number of aromatic amines is 1. The molecule has 0 aromatic carbocycles. The number of carboxylic acid groups (broad SMARTS) is 1. The van der Waals surface area contributed by atoms with E-state index in [1.54, 1.807) is 32.4 Å². The van der Waals surface area contributed by atoms with E-state index in [2.05, 4.69) is 20.3 Å². The van der Waals surface area contributed by atoms with Gasteiger partial charge in [-0.05, 0) is 18.1 Å². The molecule has 2 aromatic heterocycles. The van der Waals surface area contributed by atoms with Gasteiger partial charge in [-0.1, -0.05) is 0 Å². The number of aromatic nitrogens is 3. The Kier molecular flexibility index (Phi) is 4.84. The number of nitrogens with one attached hydrogen (secondary N) is 1. The van der Waals surface area contributed by atoms with Gasteiger partial charge < -0.3 is 14.4 Å². The molecule has 0 bridgehead atoms. The number of H-pyrrole nitrogens is 1. The Hall–Kier alpha value is -2.68. The summed E-state index contributed by atoms with van der Waals surface area (Å²) in [6.07, 6.45) is 1.72. The van der Waals surface area contributed by atoms with Gasteiger partial charge in [-0.25, -0.2) is 0 Å². The summed E-state index contributed by atoms with van der Waals surface area (Å²) in [7, 11) is 3.34. The van der Waals surface area contributed by atoms with E-state index in [-0.39, 0.29) is 24.2 Å². The summed E-state index contributed by atoms with van der Waals surface area (Å²) in [4.78, 5) is 26.6. The Balaban J connectivity index is 1.69. The van der Waals surface area contributed by atoms with Gasteiger partial charge in [0.15, 0.2) is 5.76 Å². The number of nitrogens with zero attached hydrogens (tertiary/aromatic N) is 4. The summed E-state index contributed by atoms with van der Waals surface area (Å²) in [5.74, 6) is -0.0587. The molecule has 2 atom stereocenters. The zero-order valence-electron chi connectivity index (χ0n) is 14.2. The van der Waals surface area contributed by atoms with Gasteiger partial charge in [0, 0.05) is 33.1 Å². The molecule has 25 heavy (non-hydrogen) atoms. The van der Waals surface area contributed by atoms with Gasteiger partial charge in [0.2, 0.25) is 0 Å². The van der Waals surface area contributed by atoms with E-state index in [0.717, 1.165) is 5.69 Å². The van der Waals surface area contributed by atoms with Gasteiger partial charge in [0.05, 0.1) is 24.9 Å². The highest BCUT2D eigenvalue weighted by Gasteiger charge is 2.36. The minimum Gasteiger partial charge on any atom is -0.481 e. The van der Waals surface area contributed by atoms with Gasteiger partial charge in [0.1, 0.15) is 5.76 Å². The fourth-order valence-corrected chi connectivity index (χ4v) is 3.26. The molecule has 9 heteroatoms. The van der Waals surface area contributed by atoms with Crippen LogP contribution in [0.3, 0.4) is 0 Å². The van der Waals surface area contributed by atoms with Crippen molar-refractivity contribution in [2.45, 2.75) is 18.9 Å². The third-order valence-electron chi connectivity index (χ3n) is 4.43. The first-order chi connectivity index (χ1) is 11.9. The first-order valence-corrected chi connectivity index (χ1v) is 8.04. The topological polar surface area (TPSA) is 116 Å². The molecule has 3 rings (SSSR count). The van der Waals surface area contributed by atoms with Gasteiger partial charge in [-0.15, -0.1) is 0 Å². The molecular formula is C16H21N5O4. The Morgan fingerprint density at radius 2 is 2.20 bits per heavy atom. The largest absolute Gasteiger partial charge is 0.481 e. The van der Waals surface area contributed by atoms with Crippen LogP contribution in [0.1, 0.15) is 34.3 Å². The summed E-state index contributed by atoms with van der Waals surface area (Å²) >= 11 is 0. The maximum absolute atomic E-state index is 11.9. The molecule has 9 nitrogen and oxygen atoms in total. The second-order valence-corrected chi connectivity index (χ2v) is 6.52. The lowest BCUT2D eigenvalue weighted by Crippen LogP contribution is -2.21. The first-order valence-electron chi connectivity index (χ1n) is 8.04. The Morgan fingerprint density at radius 1 is 1.40 bits per heavy atom. The number of aliphatic carboxylic acids is 1. The Morgan fingerprint density at radius 3 is 2.84 bits per heavy atom. The van der Waals surface area contributed by atoms with Crippen LogP contribution in [0.2, 0.25) is 0 Å². The summed E-state index contributed by atoms with van der Waals surface area (Å²) in [6.45, 7) is 1.81. The van der Waals surface area contributed by atoms with Crippen LogP contribution in [0, 0.1) is 5.92 Å². The van der Waals surface area contributed by atoms with Gasteiger partial charge in [-0.2, -0.15) is 15.4 Å². The zero-order valence-corrected chi connectivity index (χ0v) is 14.2. The summed E-state index contributed by atoms with van der Waals surface area (Å²) in [6, 6.07) is 3.45. The van der Waals surface area contributed by atoms with Crippen molar-refractivity contribution < 1.29 is 19.1 Å². The van der Waals surface area contributed by atoms with E-state index in [9.17, 15) is 9.59 Å². The third-order valence-corrected chi connectivity index (χ3v) is 4.43. The van der Waals surface area contributed by atoms with E-state index < -0.39 is 5.97 Å². The Bertz CT molecular complexity index is 740. The average molecular weight is 347 g/mol. The molecule has 1 fully saturated rings. The number of hydrogen-bond acceptors (Lipinski definition) is 6. The maximum Gasteiger partial charge on any atom is 0.303 e. The molecule has 1 amide bonds. The molecule has 0 unspecified atom stereocenters. The van der Waals surface area contributed by atoms with Gasteiger partial charge >= 0.3 is 5.97 Å². The first kappa shape index (κ1) is 17.2. The summed E-state index contributed by atoms with van der Waals surface area (Å²) in [5, 5.41) is 19.7. The predicted octanol–water partition coefficient (Wildman–Crippen LogP) is 0.790. The minimum atomic E-state index is -0.822. The van der Waals surface area contributed by atoms with Crippen LogP contribution in [-0.2, 0) is 11.3 Å². The van der Waals surface area contributed by atoms with Crippen molar-refractivity contribution in [3.05, 3.63) is 35.5 Å². The van der Waals surface area contributed by atoms with Gasteiger partial charge in [-0.3, -0.25) is 14.5 Å². The van der Waals surface area contributed by atoms with Crippen molar-refractivity contribution in [1.29, 1.82) is 0 Å². The molecule has 134 valence electrons. The van der Waals surface area contributed by atoms with Crippen molar-refractivity contribution in [3.8, 4) is 0 Å². The number of hydrogen-bond donors (Lipinski definition) is 2. The number of carboxylic acids is 1. The van der Waals surface area contributed by atoms with E-state index in [1.165, 1.54) is 4.90 Å². The van der Waals surface area contributed by atoms with Crippen molar-refractivity contribution in [1.82, 2.24) is 25.2 Å². The molecule has 1 aliphatic rings. The molecule has 1 aliphatic heterocycles. The average Bonchev–Trinajstić information content (AvgIpc) is 3.27. The fraction of sp³-hybridized carbons (Fsp3) is 0.500. The van der Waals surface area contributed by atoms with E-state index in [4.69, 9.17) is 9.52 Å². The fourth-order valence-electron chi connectivity index (χ4n) is 3.26. The van der Waals surface area contributed by atoms with Crippen LogP contribution >= 0.6 is 0 Å². The van der Waals surface area contributed by atoms with Crippen LogP contribution in [0.4, 0.5) is 0 Å². The molecule has 3 heterocycles. The SMILES string of the molecule is CN(C)C(=O)c1ccc(CN2C[C@@H](CC(=O)O)[C@@H](c3cn[nH]n3)C2)o1. The van der Waals surface area contributed by atoms with E-state index >= 15 is 0 Å². The summed E-state index contributed by atoms with van der Waals surface area (Å²) in [5.41, 5.74) is 0.775.